The van der Waals surface area contributed by atoms with Crippen molar-refractivity contribution in [3.05, 3.63) is 125 Å². The first kappa shape index (κ1) is 33.0. The van der Waals surface area contributed by atoms with Crippen LogP contribution < -0.4 is 9.88 Å². The van der Waals surface area contributed by atoms with Gasteiger partial charge in [0.25, 0.3) is 5.91 Å². The van der Waals surface area contributed by atoms with E-state index in [1.54, 1.807) is 31.7 Å². The number of rotatable bonds is 8. The molecule has 3 aromatic rings. The van der Waals surface area contributed by atoms with Gasteiger partial charge in [-0.3, -0.25) is 14.5 Å². The maximum Gasteiger partial charge on any atom is 0.408 e. The third-order valence-electron chi connectivity index (χ3n) is 8.28. The SMILES string of the molecule is C[n+]1ccc(CN2CCC(=CC3=C(C(=O)OC(c4ccccc4)c4ccccc4)N4C(=O)C(NC(=O)OC(C)(C)C)C4SC3)C2=O)cc1. The van der Waals surface area contributed by atoms with Crippen molar-refractivity contribution in [2.24, 2.45) is 7.05 Å². The number of aromatic nitrogens is 1. The summed E-state index contributed by atoms with van der Waals surface area (Å²) in [6, 6.07) is 21.9. The molecule has 0 saturated carbocycles. The van der Waals surface area contributed by atoms with E-state index in [2.05, 4.69) is 5.32 Å². The molecule has 4 heterocycles. The van der Waals surface area contributed by atoms with Crippen molar-refractivity contribution in [1.29, 1.82) is 0 Å². The molecule has 1 aromatic heterocycles. The second-order valence-corrected chi connectivity index (χ2v) is 14.1. The number of alkyl carbamates (subject to hydrolysis) is 1. The van der Waals surface area contributed by atoms with Gasteiger partial charge in [-0.05, 0) is 55.5 Å². The largest absolute Gasteiger partial charge is 0.448 e. The van der Waals surface area contributed by atoms with Crippen LogP contribution in [0.3, 0.4) is 0 Å². The Bertz CT molecular complexity index is 1730. The van der Waals surface area contributed by atoms with E-state index in [0.717, 1.165) is 16.7 Å². The molecule has 0 aliphatic carbocycles. The van der Waals surface area contributed by atoms with Gasteiger partial charge in [-0.15, -0.1) is 11.8 Å². The third kappa shape index (κ3) is 7.16. The first-order valence-corrected chi connectivity index (χ1v) is 17.0. The minimum Gasteiger partial charge on any atom is -0.448 e. The van der Waals surface area contributed by atoms with Crippen LogP contribution in [0.5, 0.6) is 0 Å². The maximum absolute atomic E-state index is 14.3. The number of pyridine rings is 1. The molecule has 2 unspecified atom stereocenters. The fourth-order valence-corrected chi connectivity index (χ4v) is 7.25. The fraction of sp³-hybridized carbons (Fsp3) is 0.324. The van der Waals surface area contributed by atoms with Crippen molar-refractivity contribution in [2.75, 3.05) is 12.3 Å². The van der Waals surface area contributed by atoms with Crippen LogP contribution in [0.4, 0.5) is 4.79 Å². The molecular weight excluding hydrogens is 628 g/mol. The normalized spacial score (nSPS) is 20.1. The summed E-state index contributed by atoms with van der Waals surface area (Å²) >= 11 is 1.41. The molecule has 2 atom stereocenters. The number of nitrogens with zero attached hydrogens (tertiary/aromatic N) is 3. The summed E-state index contributed by atoms with van der Waals surface area (Å²) in [6.07, 6.45) is 4.69. The molecule has 3 aliphatic heterocycles. The number of likely N-dealkylation sites (tertiary alicyclic amines) is 1. The lowest BCUT2D eigenvalue weighted by molar-refractivity contribution is -0.671. The quantitative estimate of drug-likeness (QED) is 0.162. The van der Waals surface area contributed by atoms with Crippen LogP contribution in [0.1, 0.15) is 50.0 Å². The Morgan fingerprint density at radius 2 is 1.62 bits per heavy atom. The molecule has 3 aliphatic rings. The van der Waals surface area contributed by atoms with Crippen molar-refractivity contribution < 1.29 is 33.2 Å². The van der Waals surface area contributed by atoms with Crippen LogP contribution >= 0.6 is 11.8 Å². The van der Waals surface area contributed by atoms with Crippen LogP contribution in [-0.4, -0.2) is 63.0 Å². The number of esters is 1. The highest BCUT2D eigenvalue weighted by atomic mass is 32.2. The first-order valence-electron chi connectivity index (χ1n) is 15.9. The number of hydrogen-bond donors (Lipinski definition) is 1. The number of nitrogens with one attached hydrogen (secondary N) is 1. The zero-order valence-corrected chi connectivity index (χ0v) is 28.2. The minimum absolute atomic E-state index is 0.0807. The van der Waals surface area contributed by atoms with Gasteiger partial charge in [-0.2, -0.15) is 0 Å². The van der Waals surface area contributed by atoms with E-state index in [9.17, 15) is 19.2 Å². The Kier molecular flexibility index (Phi) is 9.41. The van der Waals surface area contributed by atoms with Gasteiger partial charge < -0.3 is 19.7 Å². The highest BCUT2D eigenvalue weighted by Gasteiger charge is 2.55. The average Bonchev–Trinajstić information content (AvgIpc) is 3.40. The van der Waals surface area contributed by atoms with Gasteiger partial charge in [0.1, 0.15) is 29.8 Å². The summed E-state index contributed by atoms with van der Waals surface area (Å²) < 4.78 is 13.6. The number of carbonyl (C=O) groups is 4. The monoisotopic (exact) mass is 667 g/mol. The predicted molar refractivity (Wildman–Crippen MR) is 180 cm³/mol. The van der Waals surface area contributed by atoms with E-state index in [4.69, 9.17) is 9.47 Å². The molecule has 2 aromatic carbocycles. The van der Waals surface area contributed by atoms with Crippen molar-refractivity contribution in [3.8, 4) is 0 Å². The lowest BCUT2D eigenvalue weighted by atomic mass is 10.00. The van der Waals surface area contributed by atoms with Crippen LogP contribution in [0.2, 0.25) is 0 Å². The molecule has 2 fully saturated rings. The molecule has 2 saturated heterocycles. The molecule has 6 rings (SSSR count). The van der Waals surface area contributed by atoms with E-state index in [-0.39, 0.29) is 11.6 Å². The second-order valence-electron chi connectivity index (χ2n) is 13.0. The Morgan fingerprint density at radius 3 is 2.23 bits per heavy atom. The fourth-order valence-electron chi connectivity index (χ4n) is 5.94. The number of benzene rings is 2. The summed E-state index contributed by atoms with van der Waals surface area (Å²) in [6.45, 7) is 6.25. The van der Waals surface area contributed by atoms with Gasteiger partial charge in [0.05, 0.1) is 0 Å². The third-order valence-corrected chi connectivity index (χ3v) is 9.58. The van der Waals surface area contributed by atoms with Crippen LogP contribution in [-0.2, 0) is 37.4 Å². The number of aryl methyl sites for hydroxylation is 1. The Balaban J connectivity index is 1.31. The number of allylic oxidation sites excluding steroid dienone is 1. The number of β-lactam (4-membered cyclic amide) rings is 1. The molecule has 0 bridgehead atoms. The van der Waals surface area contributed by atoms with Gasteiger partial charge in [-0.1, -0.05) is 60.7 Å². The van der Waals surface area contributed by atoms with Gasteiger partial charge in [0.15, 0.2) is 18.5 Å². The lowest BCUT2D eigenvalue weighted by Crippen LogP contribution is -2.70. The van der Waals surface area contributed by atoms with E-state index in [1.165, 1.54) is 16.7 Å². The Hall–Kier alpha value is -4.90. The summed E-state index contributed by atoms with van der Waals surface area (Å²) in [7, 11) is 1.94. The number of fused-ring (bicyclic) bond motifs is 1. The van der Waals surface area contributed by atoms with Crippen molar-refractivity contribution in [2.45, 2.75) is 56.9 Å². The van der Waals surface area contributed by atoms with Gasteiger partial charge in [0, 0.05) is 36.5 Å². The number of amides is 3. The number of hydrogen-bond acceptors (Lipinski definition) is 7. The van der Waals surface area contributed by atoms with Gasteiger partial charge in [-0.25, -0.2) is 14.2 Å². The topological polar surface area (TPSA) is 109 Å². The number of thioether (sulfide) groups is 1. The number of carbonyl (C=O) groups excluding carboxylic acids is 4. The maximum atomic E-state index is 14.3. The van der Waals surface area contributed by atoms with Gasteiger partial charge in [0.2, 0.25) is 5.91 Å². The summed E-state index contributed by atoms with van der Waals surface area (Å²) in [5, 5.41) is 2.13. The average molecular weight is 668 g/mol. The molecule has 248 valence electrons. The van der Waals surface area contributed by atoms with Crippen LogP contribution in [0.25, 0.3) is 0 Å². The Morgan fingerprint density at radius 1 is 1.00 bits per heavy atom. The highest BCUT2D eigenvalue weighted by molar-refractivity contribution is 8.00. The van der Waals surface area contributed by atoms with Crippen molar-refractivity contribution in [1.82, 2.24) is 15.1 Å². The molecule has 11 heteroatoms. The second kappa shape index (κ2) is 13.7. The van der Waals surface area contributed by atoms with Crippen LogP contribution in [0, 0.1) is 0 Å². The summed E-state index contributed by atoms with van der Waals surface area (Å²) in [5.41, 5.74) is 3.00. The molecule has 1 N–H and O–H groups in total. The highest BCUT2D eigenvalue weighted by Crippen LogP contribution is 2.42. The van der Waals surface area contributed by atoms with Crippen molar-refractivity contribution in [3.63, 3.8) is 0 Å². The van der Waals surface area contributed by atoms with Crippen molar-refractivity contribution >= 4 is 35.6 Å². The smallest absolute Gasteiger partial charge is 0.408 e. The molecule has 0 radical (unpaired) electrons. The molecule has 0 spiro atoms. The zero-order valence-electron chi connectivity index (χ0n) is 27.4. The van der Waals surface area contributed by atoms with E-state index >= 15 is 0 Å². The minimum atomic E-state index is -0.878. The predicted octanol–water partition coefficient (Wildman–Crippen LogP) is 4.57. The summed E-state index contributed by atoms with van der Waals surface area (Å²) in [4.78, 5) is 57.3. The lowest BCUT2D eigenvalue weighted by Gasteiger charge is -2.49. The van der Waals surface area contributed by atoms with E-state index in [1.807, 2.05) is 96.8 Å². The number of ether oxygens (including phenoxy) is 2. The summed E-state index contributed by atoms with van der Waals surface area (Å²) in [5.74, 6) is -0.915. The van der Waals surface area contributed by atoms with Crippen LogP contribution in [0.15, 0.2) is 108 Å². The zero-order chi connectivity index (χ0) is 34.0. The molecule has 3 amide bonds. The van der Waals surface area contributed by atoms with E-state index in [0.29, 0.717) is 36.4 Å². The Labute approximate surface area is 284 Å². The first-order chi connectivity index (χ1) is 23.0. The standard InChI is InChI=1S/C37H38N4O6S/c1-37(2,3)47-36(45)38-29-33(43)41-30(35(44)46-31(25-11-7-5-8-12-25)26-13-9-6-10-14-26)28(23-48-34(29)41)21-27-17-20-40(32(27)42)22-24-15-18-39(4)19-16-24/h5-16,18-19,21,29,31,34H,17,20,22-23H2,1-4H3/p+1. The molecule has 48 heavy (non-hydrogen) atoms. The molecular formula is C37H39N4O6S+. The van der Waals surface area contributed by atoms with Gasteiger partial charge >= 0.3 is 12.1 Å². The molecule has 10 nitrogen and oxygen atoms in total. The van der Waals surface area contributed by atoms with E-state index < -0.39 is 41.1 Å².